The Bertz CT molecular complexity index is 774. The van der Waals surface area contributed by atoms with Crippen LogP contribution >= 0.6 is 0 Å². The molecule has 4 rings (SSSR count). The van der Waals surface area contributed by atoms with E-state index < -0.39 is 0 Å². The van der Waals surface area contributed by atoms with Crippen molar-refractivity contribution in [1.29, 1.82) is 0 Å². The van der Waals surface area contributed by atoms with Crippen molar-refractivity contribution in [3.63, 3.8) is 0 Å². The number of rotatable bonds is 5. The number of aliphatic hydroxyl groups is 1. The molecule has 4 heteroatoms. The number of hydrogen-bond acceptors (Lipinski definition) is 4. The Labute approximate surface area is 149 Å². The fourth-order valence-corrected chi connectivity index (χ4v) is 4.45. The molecule has 0 saturated heterocycles. The molecule has 2 aliphatic heterocycles. The van der Waals surface area contributed by atoms with Gasteiger partial charge in [-0.25, -0.2) is 0 Å². The maximum Gasteiger partial charge on any atom is 0.119 e. The van der Waals surface area contributed by atoms with Crippen molar-refractivity contribution in [2.45, 2.75) is 37.9 Å². The second kappa shape index (κ2) is 6.70. The zero-order chi connectivity index (χ0) is 17.4. The molecule has 2 aromatic rings. The van der Waals surface area contributed by atoms with E-state index in [2.05, 4.69) is 41.3 Å². The summed E-state index contributed by atoms with van der Waals surface area (Å²) >= 11 is 0. The summed E-state index contributed by atoms with van der Waals surface area (Å²) < 4.78 is 10.9. The van der Waals surface area contributed by atoms with Crippen LogP contribution in [0.5, 0.6) is 11.5 Å². The van der Waals surface area contributed by atoms with E-state index in [1.807, 2.05) is 0 Å². The van der Waals surface area contributed by atoms with Crippen LogP contribution in [0.15, 0.2) is 36.4 Å². The lowest BCUT2D eigenvalue weighted by atomic mass is 9.73. The first-order chi connectivity index (χ1) is 12.2. The number of fused-ring (bicyclic) bond motifs is 6. The number of nitrogens with zero attached hydrogens (tertiary/aromatic N) is 1. The first kappa shape index (κ1) is 16.4. The van der Waals surface area contributed by atoms with E-state index in [9.17, 15) is 5.11 Å². The number of aliphatic hydroxyl groups excluding tert-OH is 1. The first-order valence-electron chi connectivity index (χ1n) is 8.93. The fourth-order valence-electron chi connectivity index (χ4n) is 4.45. The summed E-state index contributed by atoms with van der Waals surface area (Å²) in [5, 5.41) is 9.35. The van der Waals surface area contributed by atoms with Crippen molar-refractivity contribution in [2.24, 2.45) is 0 Å². The van der Waals surface area contributed by atoms with Crippen molar-refractivity contribution in [3.05, 3.63) is 58.7 Å². The van der Waals surface area contributed by atoms with Gasteiger partial charge >= 0.3 is 0 Å². The van der Waals surface area contributed by atoms with Gasteiger partial charge in [0.05, 0.1) is 14.2 Å². The summed E-state index contributed by atoms with van der Waals surface area (Å²) in [5.41, 5.74) is 5.48. The van der Waals surface area contributed by atoms with Crippen LogP contribution < -0.4 is 9.47 Å². The van der Waals surface area contributed by atoms with E-state index in [0.717, 1.165) is 37.4 Å². The van der Waals surface area contributed by atoms with Gasteiger partial charge in [0.25, 0.3) is 0 Å². The minimum atomic E-state index is 0.248. The normalized spacial score (nSPS) is 23.6. The first-order valence-corrected chi connectivity index (χ1v) is 8.93. The molecule has 0 saturated carbocycles. The van der Waals surface area contributed by atoms with Gasteiger partial charge in [-0.3, -0.25) is 4.90 Å². The molecule has 0 radical (unpaired) electrons. The maximum atomic E-state index is 9.35. The van der Waals surface area contributed by atoms with Gasteiger partial charge in [0.2, 0.25) is 0 Å². The zero-order valence-corrected chi connectivity index (χ0v) is 14.9. The number of methoxy groups -OCH3 is 2. The predicted molar refractivity (Wildman–Crippen MR) is 97.2 cm³/mol. The van der Waals surface area contributed by atoms with Crippen LogP contribution in [0.1, 0.15) is 41.0 Å². The third kappa shape index (κ3) is 2.79. The number of ether oxygens (including phenoxy) is 2. The molecule has 0 spiro atoms. The van der Waals surface area contributed by atoms with Crippen LogP contribution in [-0.2, 0) is 13.1 Å². The smallest absolute Gasteiger partial charge is 0.119 e. The zero-order valence-electron chi connectivity index (χ0n) is 14.9. The molecule has 1 unspecified atom stereocenters. The molecule has 1 N–H and O–H groups in total. The third-order valence-electron chi connectivity index (χ3n) is 5.63. The third-order valence-corrected chi connectivity index (χ3v) is 5.63. The Kier molecular flexibility index (Phi) is 4.40. The highest BCUT2D eigenvalue weighted by Crippen LogP contribution is 2.46. The van der Waals surface area contributed by atoms with Gasteiger partial charge in [0.1, 0.15) is 11.5 Å². The molecule has 0 aliphatic carbocycles. The van der Waals surface area contributed by atoms with Crippen molar-refractivity contribution >= 4 is 0 Å². The highest BCUT2D eigenvalue weighted by molar-refractivity contribution is 5.51. The quantitative estimate of drug-likeness (QED) is 0.907. The Hall–Kier alpha value is -2.04. The van der Waals surface area contributed by atoms with E-state index in [4.69, 9.17) is 9.47 Å². The monoisotopic (exact) mass is 339 g/mol. The lowest BCUT2D eigenvalue weighted by Gasteiger charge is -2.47. The lowest BCUT2D eigenvalue weighted by Crippen LogP contribution is -2.47. The van der Waals surface area contributed by atoms with Crippen molar-refractivity contribution < 1.29 is 14.6 Å². The molecule has 2 aliphatic rings. The summed E-state index contributed by atoms with van der Waals surface area (Å²) in [4.78, 5) is 2.55. The van der Waals surface area contributed by atoms with E-state index in [0.29, 0.717) is 12.0 Å². The van der Waals surface area contributed by atoms with E-state index in [1.54, 1.807) is 14.2 Å². The molecule has 0 amide bonds. The van der Waals surface area contributed by atoms with Gasteiger partial charge in [-0.1, -0.05) is 12.1 Å². The van der Waals surface area contributed by atoms with Crippen molar-refractivity contribution in [2.75, 3.05) is 20.8 Å². The molecule has 2 aromatic carbocycles. The molecule has 3 atom stereocenters. The Balaban J connectivity index is 1.84. The molecule has 132 valence electrons. The van der Waals surface area contributed by atoms with Crippen molar-refractivity contribution in [1.82, 2.24) is 4.90 Å². The molecule has 2 heterocycles. The average Bonchev–Trinajstić information content (AvgIpc) is 2.65. The minimum absolute atomic E-state index is 0.248. The fraction of sp³-hybridized carbons (Fsp3) is 0.429. The van der Waals surface area contributed by atoms with Crippen LogP contribution in [0, 0.1) is 0 Å². The minimum Gasteiger partial charge on any atom is -0.497 e. The van der Waals surface area contributed by atoms with Crippen LogP contribution in [0.2, 0.25) is 0 Å². The van der Waals surface area contributed by atoms with Gasteiger partial charge in [-0.05, 0) is 59.4 Å². The number of benzene rings is 2. The molecule has 0 aromatic heterocycles. The molecule has 25 heavy (non-hydrogen) atoms. The second-order valence-corrected chi connectivity index (χ2v) is 6.95. The van der Waals surface area contributed by atoms with Gasteiger partial charge < -0.3 is 14.6 Å². The molecule has 2 bridgehead atoms. The van der Waals surface area contributed by atoms with Gasteiger partial charge in [0, 0.05) is 31.7 Å². The summed E-state index contributed by atoms with van der Waals surface area (Å²) in [6.45, 7) is 2.13. The molecule has 4 nitrogen and oxygen atoms in total. The summed E-state index contributed by atoms with van der Waals surface area (Å²) in [7, 11) is 3.44. The number of hydrogen-bond donors (Lipinski definition) is 1. The largest absolute Gasteiger partial charge is 0.497 e. The lowest BCUT2D eigenvalue weighted by molar-refractivity contribution is 0.115. The van der Waals surface area contributed by atoms with Crippen LogP contribution in [0.25, 0.3) is 0 Å². The molecular formula is C21H25NO3. The Morgan fingerprint density at radius 3 is 2.44 bits per heavy atom. The predicted octanol–water partition coefficient (Wildman–Crippen LogP) is 3.31. The maximum absolute atomic E-state index is 9.35. The highest BCUT2D eigenvalue weighted by Gasteiger charge is 2.40. The van der Waals surface area contributed by atoms with Crippen molar-refractivity contribution in [3.8, 4) is 11.5 Å². The van der Waals surface area contributed by atoms with E-state index in [1.165, 1.54) is 22.3 Å². The standard InChI is InChI=1S/C21H25NO3/c1-24-16-7-8-18-15(10-16)13-22-12-14-5-6-17(25-2)11-19(14)21(18)20(22)4-3-9-23/h5-8,10-11,20-21,23H,3-4,9,12-13H2,1-2H3/t20-,21+/m0/s1. The Morgan fingerprint density at radius 2 is 1.68 bits per heavy atom. The van der Waals surface area contributed by atoms with Crippen LogP contribution in [0.4, 0.5) is 0 Å². The van der Waals surface area contributed by atoms with Crippen LogP contribution in [0.3, 0.4) is 0 Å². The Morgan fingerprint density at radius 1 is 0.960 bits per heavy atom. The summed E-state index contributed by atoms with van der Waals surface area (Å²) in [6, 6.07) is 13.3. The van der Waals surface area contributed by atoms with E-state index in [-0.39, 0.29) is 6.61 Å². The van der Waals surface area contributed by atoms with E-state index >= 15 is 0 Å². The van der Waals surface area contributed by atoms with Gasteiger partial charge in [0.15, 0.2) is 0 Å². The van der Waals surface area contributed by atoms with Gasteiger partial charge in [-0.15, -0.1) is 0 Å². The SMILES string of the molecule is COc1ccc2c(c1)CN1Cc3ccc(OC)cc3[C@@H]2[C@@H]1CCCO. The summed E-state index contributed by atoms with van der Waals surface area (Å²) in [6.07, 6.45) is 1.84. The second-order valence-electron chi connectivity index (χ2n) is 6.95. The highest BCUT2D eigenvalue weighted by atomic mass is 16.5. The topological polar surface area (TPSA) is 41.9 Å². The van der Waals surface area contributed by atoms with Crippen LogP contribution in [-0.4, -0.2) is 36.9 Å². The average molecular weight is 339 g/mol. The summed E-state index contributed by atoms with van der Waals surface area (Å²) in [5.74, 6) is 2.14. The molecule has 0 fully saturated rings. The van der Waals surface area contributed by atoms with Gasteiger partial charge in [-0.2, -0.15) is 0 Å². The molecular weight excluding hydrogens is 314 g/mol.